The van der Waals surface area contributed by atoms with Crippen LogP contribution in [0.25, 0.3) is 0 Å². The molecule has 0 radical (unpaired) electrons. The van der Waals surface area contributed by atoms with E-state index >= 15 is 0 Å². The third kappa shape index (κ3) is 4.94. The van der Waals surface area contributed by atoms with Gasteiger partial charge >= 0.3 is 0 Å². The van der Waals surface area contributed by atoms with Gasteiger partial charge in [0.25, 0.3) is 5.91 Å². The van der Waals surface area contributed by atoms with Crippen molar-refractivity contribution in [3.8, 4) is 5.75 Å². The molecule has 134 valence electrons. The Bertz CT molecular complexity index is 818. The van der Waals surface area contributed by atoms with Crippen molar-refractivity contribution < 1.29 is 14.3 Å². The van der Waals surface area contributed by atoms with Crippen molar-refractivity contribution in [3.63, 3.8) is 0 Å². The van der Waals surface area contributed by atoms with Gasteiger partial charge in [-0.3, -0.25) is 4.79 Å². The van der Waals surface area contributed by atoms with Crippen LogP contribution in [-0.4, -0.2) is 19.6 Å². The Hall–Kier alpha value is -2.63. The summed E-state index contributed by atoms with van der Waals surface area (Å²) in [6, 6.07) is 21.1. The van der Waals surface area contributed by atoms with E-state index in [2.05, 4.69) is 5.32 Å². The van der Waals surface area contributed by atoms with E-state index < -0.39 is 0 Å². The van der Waals surface area contributed by atoms with Crippen LogP contribution in [0.3, 0.4) is 0 Å². The number of amides is 1. The van der Waals surface area contributed by atoms with Crippen molar-refractivity contribution in [2.75, 3.05) is 13.7 Å². The van der Waals surface area contributed by atoms with E-state index in [9.17, 15) is 4.79 Å². The van der Waals surface area contributed by atoms with Gasteiger partial charge in [0.1, 0.15) is 12.4 Å². The summed E-state index contributed by atoms with van der Waals surface area (Å²) in [5.74, 6) is 0.530. The highest BCUT2D eigenvalue weighted by atomic mass is 32.1. The zero-order valence-electron chi connectivity index (χ0n) is 14.6. The predicted molar refractivity (Wildman–Crippen MR) is 104 cm³/mol. The van der Waals surface area contributed by atoms with Crippen LogP contribution in [0.5, 0.6) is 5.75 Å². The number of ether oxygens (including phenoxy) is 2. The minimum atomic E-state index is -0.182. The molecule has 1 heterocycles. The minimum absolute atomic E-state index is 0.149. The number of benzene rings is 2. The highest BCUT2D eigenvalue weighted by molar-refractivity contribution is 7.09. The standard InChI is InChI=1S/C21H21NO3S/c1-24-20(16-7-3-2-4-8-16)14-22-21(23)17-9-5-10-18(13-17)25-15-19-11-6-12-26-19/h2-13,20H,14-15H2,1H3,(H,22,23). The quantitative estimate of drug-likeness (QED) is 0.640. The zero-order valence-corrected chi connectivity index (χ0v) is 15.4. The Balaban J connectivity index is 1.58. The topological polar surface area (TPSA) is 47.6 Å². The van der Waals surface area contributed by atoms with Gasteiger partial charge in [-0.25, -0.2) is 0 Å². The molecule has 4 nitrogen and oxygen atoms in total. The third-order valence-electron chi connectivity index (χ3n) is 3.96. The molecule has 26 heavy (non-hydrogen) atoms. The lowest BCUT2D eigenvalue weighted by atomic mass is 10.1. The molecule has 1 amide bonds. The van der Waals surface area contributed by atoms with Gasteiger partial charge in [-0.15, -0.1) is 11.3 Å². The van der Waals surface area contributed by atoms with Gasteiger partial charge in [-0.1, -0.05) is 42.5 Å². The maximum atomic E-state index is 12.5. The summed E-state index contributed by atoms with van der Waals surface area (Å²) in [4.78, 5) is 13.6. The second-order valence-electron chi connectivity index (χ2n) is 5.74. The molecule has 0 saturated heterocycles. The molecule has 0 bridgehead atoms. The average molecular weight is 367 g/mol. The summed E-state index contributed by atoms with van der Waals surface area (Å²) < 4.78 is 11.3. The fourth-order valence-electron chi connectivity index (χ4n) is 2.57. The number of methoxy groups -OCH3 is 1. The fourth-order valence-corrected chi connectivity index (χ4v) is 3.18. The molecule has 0 spiro atoms. The van der Waals surface area contributed by atoms with Crippen LogP contribution in [0.1, 0.15) is 26.9 Å². The maximum Gasteiger partial charge on any atom is 0.251 e. The Morgan fingerprint density at radius 2 is 1.92 bits per heavy atom. The summed E-state index contributed by atoms with van der Waals surface area (Å²) in [6.07, 6.45) is -0.182. The molecule has 2 aromatic carbocycles. The normalized spacial score (nSPS) is 11.7. The Labute approximate surface area is 157 Å². The van der Waals surface area contributed by atoms with Crippen LogP contribution >= 0.6 is 11.3 Å². The van der Waals surface area contributed by atoms with E-state index in [-0.39, 0.29) is 12.0 Å². The molecule has 0 fully saturated rings. The molecular weight excluding hydrogens is 346 g/mol. The lowest BCUT2D eigenvalue weighted by Gasteiger charge is -2.16. The first-order valence-corrected chi connectivity index (χ1v) is 9.25. The minimum Gasteiger partial charge on any atom is -0.488 e. The van der Waals surface area contributed by atoms with E-state index in [4.69, 9.17) is 9.47 Å². The van der Waals surface area contributed by atoms with Crippen molar-refractivity contribution >= 4 is 17.2 Å². The van der Waals surface area contributed by atoms with Crippen LogP contribution in [0.15, 0.2) is 72.1 Å². The molecule has 0 aliphatic rings. The number of carbonyl (C=O) groups excluding carboxylic acids is 1. The first-order chi connectivity index (χ1) is 12.8. The van der Waals surface area contributed by atoms with Gasteiger partial charge in [-0.2, -0.15) is 0 Å². The number of nitrogens with one attached hydrogen (secondary N) is 1. The summed E-state index contributed by atoms with van der Waals surface area (Å²) in [6.45, 7) is 0.905. The summed E-state index contributed by atoms with van der Waals surface area (Å²) >= 11 is 1.65. The van der Waals surface area contributed by atoms with Crippen molar-refractivity contribution in [1.29, 1.82) is 0 Å². The van der Waals surface area contributed by atoms with Crippen LogP contribution < -0.4 is 10.1 Å². The summed E-state index contributed by atoms with van der Waals surface area (Å²) in [7, 11) is 1.64. The smallest absolute Gasteiger partial charge is 0.251 e. The molecule has 0 aliphatic carbocycles. The number of hydrogen-bond acceptors (Lipinski definition) is 4. The molecule has 1 unspecified atom stereocenters. The average Bonchev–Trinajstić information content (AvgIpc) is 3.21. The predicted octanol–water partition coefficient (Wildman–Crippen LogP) is 4.44. The zero-order chi connectivity index (χ0) is 18.2. The van der Waals surface area contributed by atoms with Gasteiger partial charge in [0.15, 0.2) is 0 Å². The molecule has 0 saturated carbocycles. The Morgan fingerprint density at radius 3 is 2.65 bits per heavy atom. The lowest BCUT2D eigenvalue weighted by molar-refractivity contribution is 0.0827. The molecule has 0 aliphatic heterocycles. The Kier molecular flexibility index (Phi) is 6.41. The largest absolute Gasteiger partial charge is 0.488 e. The van der Waals surface area contributed by atoms with E-state index in [1.165, 1.54) is 0 Å². The highest BCUT2D eigenvalue weighted by Crippen LogP contribution is 2.18. The van der Waals surface area contributed by atoms with E-state index in [1.54, 1.807) is 30.6 Å². The molecule has 1 aromatic heterocycles. The van der Waals surface area contributed by atoms with Gasteiger partial charge in [0.2, 0.25) is 0 Å². The number of rotatable bonds is 8. The molecule has 5 heteroatoms. The van der Waals surface area contributed by atoms with Crippen LogP contribution in [0.2, 0.25) is 0 Å². The third-order valence-corrected chi connectivity index (χ3v) is 4.81. The number of hydrogen-bond donors (Lipinski definition) is 1. The lowest BCUT2D eigenvalue weighted by Crippen LogP contribution is -2.29. The second-order valence-corrected chi connectivity index (χ2v) is 6.77. The van der Waals surface area contributed by atoms with E-state index in [1.807, 2.05) is 60.0 Å². The van der Waals surface area contributed by atoms with Gasteiger partial charge < -0.3 is 14.8 Å². The molecule has 1 N–H and O–H groups in total. The fraction of sp³-hybridized carbons (Fsp3) is 0.190. The van der Waals surface area contributed by atoms with Crippen LogP contribution in [0.4, 0.5) is 0 Å². The van der Waals surface area contributed by atoms with Crippen molar-refractivity contribution in [2.45, 2.75) is 12.7 Å². The molecule has 1 atom stereocenters. The van der Waals surface area contributed by atoms with E-state index in [0.717, 1.165) is 10.4 Å². The maximum absolute atomic E-state index is 12.5. The first kappa shape index (κ1) is 18.2. The number of thiophene rings is 1. The SMILES string of the molecule is COC(CNC(=O)c1cccc(OCc2cccs2)c1)c1ccccc1. The van der Waals surface area contributed by atoms with E-state index in [0.29, 0.717) is 24.5 Å². The molecule has 3 aromatic rings. The second kappa shape index (κ2) is 9.17. The van der Waals surface area contributed by atoms with Gasteiger partial charge in [0.05, 0.1) is 6.10 Å². The van der Waals surface area contributed by atoms with Gasteiger partial charge in [-0.05, 0) is 35.2 Å². The highest BCUT2D eigenvalue weighted by Gasteiger charge is 2.13. The van der Waals surface area contributed by atoms with Crippen molar-refractivity contribution in [3.05, 3.63) is 88.1 Å². The monoisotopic (exact) mass is 367 g/mol. The van der Waals surface area contributed by atoms with Crippen molar-refractivity contribution in [1.82, 2.24) is 5.32 Å². The van der Waals surface area contributed by atoms with Crippen molar-refractivity contribution in [2.24, 2.45) is 0 Å². The van der Waals surface area contributed by atoms with Gasteiger partial charge in [0, 0.05) is 24.1 Å². The molecule has 3 rings (SSSR count). The first-order valence-electron chi connectivity index (χ1n) is 8.37. The number of carbonyl (C=O) groups is 1. The van der Waals surface area contributed by atoms with Crippen LogP contribution in [0, 0.1) is 0 Å². The Morgan fingerprint density at radius 1 is 1.08 bits per heavy atom. The summed E-state index contributed by atoms with van der Waals surface area (Å²) in [5, 5.41) is 4.94. The van der Waals surface area contributed by atoms with Crippen LogP contribution in [-0.2, 0) is 11.3 Å². The molecular formula is C21H21NO3S. The summed E-state index contributed by atoms with van der Waals surface area (Å²) in [5.41, 5.74) is 1.60.